The third-order valence-corrected chi connectivity index (χ3v) is 7.78. The number of aliphatic hydroxyl groups excluding tert-OH is 8. The lowest BCUT2D eigenvalue weighted by Gasteiger charge is -2.53. The second-order valence-electron chi connectivity index (χ2n) is 10.3. The quantitative estimate of drug-likeness (QED) is 0.144. The van der Waals surface area contributed by atoms with E-state index < -0.39 is 117 Å². The lowest BCUT2D eigenvalue weighted by molar-refractivity contribution is -0.388. The summed E-state index contributed by atoms with van der Waals surface area (Å²) in [4.78, 5) is 0. The van der Waals surface area contributed by atoms with Gasteiger partial charge in [0.05, 0.1) is 24.8 Å². The fourth-order valence-electron chi connectivity index (χ4n) is 5.42. The second kappa shape index (κ2) is 12.0. The van der Waals surface area contributed by atoms with Crippen LogP contribution in [-0.4, -0.2) is 165 Å². The minimum absolute atomic E-state index is 0.143. The smallest absolute Gasteiger partial charge is 0.189 e. The van der Waals surface area contributed by atoms with E-state index in [1.54, 1.807) is 0 Å². The van der Waals surface area contributed by atoms with Crippen molar-refractivity contribution in [2.24, 2.45) is 17.2 Å². The summed E-state index contributed by atoms with van der Waals surface area (Å²) in [7, 11) is 1.47. The first-order chi connectivity index (χ1) is 17.9. The number of nitrogens with one attached hydrogen (secondary N) is 1. The van der Waals surface area contributed by atoms with Crippen LogP contribution in [0, 0.1) is 0 Å². The first-order valence-electron chi connectivity index (χ1n) is 12.5. The lowest BCUT2D eigenvalue weighted by Crippen LogP contribution is -2.74. The van der Waals surface area contributed by atoms with Crippen molar-refractivity contribution >= 4 is 0 Å². The summed E-state index contributed by atoms with van der Waals surface area (Å²) < 4.78 is 28.5. The number of nitrogens with two attached hydrogens (primary N) is 3. The van der Waals surface area contributed by atoms with Crippen LogP contribution >= 0.6 is 0 Å². The Hall–Kier alpha value is -0.680. The molecule has 18 atom stereocenters. The van der Waals surface area contributed by atoms with Gasteiger partial charge in [-0.3, -0.25) is 0 Å². The molecule has 4 fully saturated rings. The van der Waals surface area contributed by atoms with Gasteiger partial charge in [0.25, 0.3) is 0 Å². The highest BCUT2D eigenvalue weighted by Crippen LogP contribution is 2.35. The van der Waals surface area contributed by atoms with Gasteiger partial charge >= 0.3 is 0 Å². The maximum Gasteiger partial charge on any atom is 0.189 e. The molecule has 0 aromatic carbocycles. The first-order valence-corrected chi connectivity index (χ1v) is 12.5. The minimum atomic E-state index is -1.73. The van der Waals surface area contributed by atoms with Crippen LogP contribution in [0.25, 0.3) is 0 Å². The van der Waals surface area contributed by atoms with Crippen molar-refractivity contribution < 1.29 is 64.5 Å². The van der Waals surface area contributed by atoms with Crippen molar-refractivity contribution in [3.8, 4) is 0 Å². The van der Waals surface area contributed by atoms with Gasteiger partial charge in [0.2, 0.25) is 0 Å². The predicted molar refractivity (Wildman–Crippen MR) is 122 cm³/mol. The fourth-order valence-corrected chi connectivity index (χ4v) is 5.42. The van der Waals surface area contributed by atoms with Crippen molar-refractivity contribution in [1.82, 2.24) is 5.32 Å². The molecular formula is C21H40N4O13. The summed E-state index contributed by atoms with van der Waals surface area (Å²) in [6.07, 6.45) is -19.7. The largest absolute Gasteiger partial charge is 0.394 e. The number of ether oxygens (including phenoxy) is 5. The molecule has 0 spiro atoms. The molecular weight excluding hydrogens is 516 g/mol. The van der Waals surface area contributed by atoms with Crippen LogP contribution in [0.15, 0.2) is 0 Å². The van der Waals surface area contributed by atoms with Crippen LogP contribution in [0.1, 0.15) is 6.42 Å². The maximum absolute atomic E-state index is 11.1. The molecule has 0 bridgehead atoms. The average Bonchev–Trinajstić information content (AvgIpc) is 2.89. The summed E-state index contributed by atoms with van der Waals surface area (Å²) >= 11 is 0. The molecule has 17 heteroatoms. The van der Waals surface area contributed by atoms with Gasteiger partial charge in [-0.2, -0.15) is 0 Å². The molecule has 0 radical (unpaired) electrons. The van der Waals surface area contributed by atoms with E-state index in [1.165, 1.54) is 7.05 Å². The van der Waals surface area contributed by atoms with Crippen LogP contribution in [0.5, 0.6) is 0 Å². The molecule has 0 amide bonds. The van der Waals surface area contributed by atoms with Gasteiger partial charge in [-0.15, -0.1) is 0 Å². The standard InChI is InChI=1S/C21H40N4O13/c1-25-8-12(30)18-17(37-20(8)38-21-15(33)13(31)10(28)6(3-26)34-21)11(29)7(24)19(36-18)35-16-5(23)2-4(22)9(27)14(16)32/h4-21,25-33H,2-3,22-24H2,1H3/t4?,5?,6?,7-,8+,9?,10?,11?,12-,13?,14?,15?,16?,17+,18-,19?,20-,21?/m1/s1. The maximum atomic E-state index is 11.1. The van der Waals surface area contributed by atoms with Gasteiger partial charge < -0.3 is 87.1 Å². The summed E-state index contributed by atoms with van der Waals surface area (Å²) in [6, 6.07) is -3.83. The van der Waals surface area contributed by atoms with E-state index in [0.29, 0.717) is 0 Å². The van der Waals surface area contributed by atoms with Crippen LogP contribution in [-0.2, 0) is 23.7 Å². The summed E-state index contributed by atoms with van der Waals surface area (Å²) in [5.41, 5.74) is 18.0. The van der Waals surface area contributed by atoms with Crippen molar-refractivity contribution in [3.63, 3.8) is 0 Å². The second-order valence-corrected chi connectivity index (χ2v) is 10.3. The van der Waals surface area contributed by atoms with Gasteiger partial charge in [-0.1, -0.05) is 0 Å². The highest BCUT2D eigenvalue weighted by atomic mass is 16.8. The number of hydrogen-bond acceptors (Lipinski definition) is 17. The Kier molecular flexibility index (Phi) is 9.60. The van der Waals surface area contributed by atoms with Gasteiger partial charge in [-0.05, 0) is 13.5 Å². The fraction of sp³-hybridized carbons (Fsp3) is 1.00. The van der Waals surface area contributed by atoms with E-state index >= 15 is 0 Å². The molecule has 0 aromatic rings. The first kappa shape index (κ1) is 30.3. The third-order valence-electron chi connectivity index (χ3n) is 7.78. The van der Waals surface area contributed by atoms with Gasteiger partial charge in [0, 0.05) is 12.1 Å². The van der Waals surface area contributed by atoms with Crippen molar-refractivity contribution in [3.05, 3.63) is 0 Å². The van der Waals surface area contributed by atoms with Crippen LogP contribution in [0.2, 0.25) is 0 Å². The van der Waals surface area contributed by atoms with Crippen LogP contribution in [0.3, 0.4) is 0 Å². The molecule has 1 saturated carbocycles. The zero-order valence-corrected chi connectivity index (χ0v) is 20.7. The molecule has 15 N–H and O–H groups in total. The summed E-state index contributed by atoms with van der Waals surface area (Å²) in [5, 5.41) is 85.2. The van der Waals surface area contributed by atoms with E-state index in [1.807, 2.05) is 0 Å². The third kappa shape index (κ3) is 5.46. The molecule has 222 valence electrons. The lowest BCUT2D eigenvalue weighted by atomic mass is 9.84. The molecule has 3 saturated heterocycles. The van der Waals surface area contributed by atoms with E-state index in [9.17, 15) is 40.9 Å². The van der Waals surface area contributed by atoms with Gasteiger partial charge in [0.15, 0.2) is 18.9 Å². The minimum Gasteiger partial charge on any atom is -0.394 e. The highest BCUT2D eigenvalue weighted by molar-refractivity contribution is 5.04. The molecule has 0 aromatic heterocycles. The van der Waals surface area contributed by atoms with Crippen molar-refractivity contribution in [1.29, 1.82) is 0 Å². The number of fused-ring (bicyclic) bond motifs is 1. The molecule has 17 nitrogen and oxygen atoms in total. The number of rotatable bonds is 6. The Bertz CT molecular complexity index is 787. The Morgan fingerprint density at radius 1 is 0.684 bits per heavy atom. The SMILES string of the molecule is CN[C@@H]1[C@@H](OC2OC(CO)C(O)C(O)C2O)O[C@H]2C(O)[C@@H](N)C(OC3C(N)CC(N)C(O)C3O)O[C@@H]2[C@@H]1O. The summed E-state index contributed by atoms with van der Waals surface area (Å²) in [5.74, 6) is 0. The van der Waals surface area contributed by atoms with E-state index in [4.69, 9.17) is 40.9 Å². The zero-order valence-electron chi connectivity index (χ0n) is 20.7. The van der Waals surface area contributed by atoms with Crippen molar-refractivity contribution in [2.75, 3.05) is 13.7 Å². The van der Waals surface area contributed by atoms with Gasteiger partial charge in [-0.25, -0.2) is 0 Å². The number of likely N-dealkylation sites (N-methyl/N-ethyl adjacent to an activating group) is 1. The Labute approximate surface area is 218 Å². The van der Waals surface area contributed by atoms with Crippen LogP contribution in [0.4, 0.5) is 0 Å². The Balaban J connectivity index is 1.48. The molecule has 38 heavy (non-hydrogen) atoms. The summed E-state index contributed by atoms with van der Waals surface area (Å²) in [6.45, 7) is -0.676. The molecule has 1 aliphatic carbocycles. The Morgan fingerprint density at radius 3 is 1.95 bits per heavy atom. The monoisotopic (exact) mass is 556 g/mol. The Morgan fingerprint density at radius 2 is 1.32 bits per heavy atom. The van der Waals surface area contributed by atoms with E-state index in [2.05, 4.69) is 5.32 Å². The molecule has 4 rings (SSSR count). The predicted octanol–water partition coefficient (Wildman–Crippen LogP) is -7.94. The van der Waals surface area contributed by atoms with E-state index in [0.717, 1.165) is 0 Å². The average molecular weight is 557 g/mol. The van der Waals surface area contributed by atoms with E-state index in [-0.39, 0.29) is 6.42 Å². The molecule has 4 aliphatic rings. The normalized spacial score (nSPS) is 55.9. The topological polar surface area (TPSA) is 298 Å². The molecule has 12 unspecified atom stereocenters. The van der Waals surface area contributed by atoms with Crippen molar-refractivity contribution in [2.45, 2.75) is 117 Å². The molecule has 3 aliphatic heterocycles. The number of hydrogen-bond donors (Lipinski definition) is 12. The molecule has 3 heterocycles. The number of aliphatic hydroxyl groups is 8. The highest BCUT2D eigenvalue weighted by Gasteiger charge is 2.57. The zero-order chi connectivity index (χ0) is 28.0. The van der Waals surface area contributed by atoms with Gasteiger partial charge in [0.1, 0.15) is 61.0 Å². The van der Waals surface area contributed by atoms with Crippen LogP contribution < -0.4 is 22.5 Å².